The summed E-state index contributed by atoms with van der Waals surface area (Å²) >= 11 is 4.44. The maximum absolute atomic E-state index is 12.4. The molecule has 0 fully saturated rings. The molecule has 0 radical (unpaired) electrons. The van der Waals surface area contributed by atoms with Crippen LogP contribution in [0.4, 0.5) is 11.4 Å². The fraction of sp³-hybridized carbons (Fsp3) is 0.143. The van der Waals surface area contributed by atoms with E-state index in [1.807, 2.05) is 25.1 Å². The molecule has 6 heteroatoms. The summed E-state index contributed by atoms with van der Waals surface area (Å²) in [5.41, 5.74) is 7.93. The zero-order chi connectivity index (χ0) is 14.7. The number of benzene rings is 1. The van der Waals surface area contributed by atoms with Crippen LogP contribution in [-0.4, -0.2) is 12.3 Å². The molecule has 2 rings (SSSR count). The maximum Gasteiger partial charge on any atom is 0.205 e. The second-order valence-corrected chi connectivity index (χ2v) is 6.38. The number of hydrogen-bond donors (Lipinski definition) is 2. The molecule has 2 aromatic rings. The van der Waals surface area contributed by atoms with Crippen molar-refractivity contribution in [3.63, 3.8) is 0 Å². The predicted octanol–water partition coefficient (Wildman–Crippen LogP) is 3.63. The van der Waals surface area contributed by atoms with Gasteiger partial charge >= 0.3 is 0 Å². The van der Waals surface area contributed by atoms with Crippen LogP contribution in [0, 0.1) is 11.3 Å². The normalized spacial score (nSPS) is 10.1. The molecule has 0 spiro atoms. The predicted molar refractivity (Wildman–Crippen MR) is 85.2 cm³/mol. The Kier molecular flexibility index (Phi) is 4.42. The van der Waals surface area contributed by atoms with Crippen molar-refractivity contribution in [2.75, 3.05) is 17.6 Å². The Morgan fingerprint density at radius 1 is 1.45 bits per heavy atom. The van der Waals surface area contributed by atoms with Crippen molar-refractivity contribution in [2.24, 2.45) is 0 Å². The van der Waals surface area contributed by atoms with Crippen molar-refractivity contribution in [2.45, 2.75) is 6.92 Å². The largest absolute Gasteiger partial charge is 0.396 e. The number of thiophene rings is 1. The topological polar surface area (TPSA) is 78.9 Å². The van der Waals surface area contributed by atoms with Crippen molar-refractivity contribution in [1.29, 1.82) is 5.26 Å². The highest BCUT2D eigenvalue weighted by molar-refractivity contribution is 9.11. The molecule has 0 aliphatic rings. The summed E-state index contributed by atoms with van der Waals surface area (Å²) in [6.07, 6.45) is 0. The lowest BCUT2D eigenvalue weighted by Gasteiger charge is -2.04. The molecule has 20 heavy (non-hydrogen) atoms. The third kappa shape index (κ3) is 2.69. The Morgan fingerprint density at radius 2 is 2.10 bits per heavy atom. The van der Waals surface area contributed by atoms with Gasteiger partial charge in [-0.15, -0.1) is 11.3 Å². The number of nitrogen functional groups attached to an aromatic ring is 1. The first-order valence-corrected chi connectivity index (χ1v) is 7.56. The fourth-order valence-corrected chi connectivity index (χ4v) is 3.41. The summed E-state index contributed by atoms with van der Waals surface area (Å²) in [6, 6.07) is 9.19. The molecule has 1 aromatic carbocycles. The van der Waals surface area contributed by atoms with Crippen LogP contribution in [0.15, 0.2) is 28.1 Å². The van der Waals surface area contributed by atoms with Gasteiger partial charge in [0.05, 0.1) is 9.47 Å². The number of nitrogens with two attached hydrogens (primary N) is 1. The van der Waals surface area contributed by atoms with Gasteiger partial charge in [-0.3, -0.25) is 4.79 Å². The Morgan fingerprint density at radius 3 is 2.60 bits per heavy atom. The smallest absolute Gasteiger partial charge is 0.205 e. The van der Waals surface area contributed by atoms with Crippen LogP contribution in [0.1, 0.15) is 27.7 Å². The molecule has 1 aromatic heterocycles. The van der Waals surface area contributed by atoms with Crippen LogP contribution < -0.4 is 11.1 Å². The number of nitrogens with one attached hydrogen (secondary N) is 1. The first kappa shape index (κ1) is 14.6. The number of rotatable bonds is 4. The second kappa shape index (κ2) is 6.07. The zero-order valence-corrected chi connectivity index (χ0v) is 13.1. The average molecular weight is 350 g/mol. The minimum atomic E-state index is -0.169. The van der Waals surface area contributed by atoms with Crippen LogP contribution in [0.3, 0.4) is 0 Å². The number of halogens is 1. The van der Waals surface area contributed by atoms with E-state index in [1.165, 1.54) is 11.3 Å². The number of nitriles is 1. The van der Waals surface area contributed by atoms with Gasteiger partial charge in [0, 0.05) is 17.8 Å². The molecular formula is C14H12BrN3OS. The average Bonchev–Trinajstić information content (AvgIpc) is 2.74. The van der Waals surface area contributed by atoms with Gasteiger partial charge in [0.15, 0.2) is 0 Å². The van der Waals surface area contributed by atoms with Gasteiger partial charge < -0.3 is 11.1 Å². The summed E-state index contributed by atoms with van der Waals surface area (Å²) in [5, 5.41) is 12.2. The molecule has 0 bridgehead atoms. The highest BCUT2D eigenvalue weighted by Crippen LogP contribution is 2.36. The molecule has 0 amide bonds. The summed E-state index contributed by atoms with van der Waals surface area (Å²) in [4.78, 5) is 12.8. The third-order valence-corrected chi connectivity index (χ3v) is 4.62. The molecular weight excluding hydrogens is 338 g/mol. The lowest BCUT2D eigenvalue weighted by Crippen LogP contribution is -2.03. The lowest BCUT2D eigenvalue weighted by atomic mass is 10.1. The second-order valence-electron chi connectivity index (χ2n) is 4.04. The van der Waals surface area contributed by atoms with E-state index in [2.05, 4.69) is 21.2 Å². The van der Waals surface area contributed by atoms with Crippen LogP contribution in [0.2, 0.25) is 0 Å². The minimum Gasteiger partial charge on any atom is -0.396 e. The molecule has 0 aliphatic heterocycles. The molecule has 0 saturated heterocycles. The highest BCUT2D eigenvalue weighted by Gasteiger charge is 2.20. The molecule has 0 atom stereocenters. The molecule has 4 nitrogen and oxygen atoms in total. The van der Waals surface area contributed by atoms with Crippen molar-refractivity contribution in [3.8, 4) is 6.07 Å². The molecule has 1 heterocycles. The quantitative estimate of drug-likeness (QED) is 0.826. The summed E-state index contributed by atoms with van der Waals surface area (Å²) in [5.74, 6) is -0.169. The van der Waals surface area contributed by atoms with E-state index in [4.69, 9.17) is 11.0 Å². The first-order chi connectivity index (χ1) is 9.58. The van der Waals surface area contributed by atoms with E-state index in [1.54, 1.807) is 12.1 Å². The number of nitrogens with zero attached hydrogens (tertiary/aromatic N) is 1. The van der Waals surface area contributed by atoms with Crippen LogP contribution in [0.5, 0.6) is 0 Å². The van der Waals surface area contributed by atoms with Gasteiger partial charge in [-0.2, -0.15) is 5.26 Å². The Labute approximate surface area is 129 Å². The standard InChI is InChI=1S/C14H12BrN3OS/c1-2-18-9-5-3-8(4-6-9)12(19)13-11(17)10(7-16)14(15)20-13/h3-6,18H,2,17H2,1H3. The van der Waals surface area contributed by atoms with E-state index in [-0.39, 0.29) is 11.5 Å². The van der Waals surface area contributed by atoms with E-state index in [9.17, 15) is 4.79 Å². The third-order valence-electron chi connectivity index (χ3n) is 2.75. The number of carbonyl (C=O) groups is 1. The van der Waals surface area contributed by atoms with Gasteiger partial charge in [0.2, 0.25) is 5.78 Å². The summed E-state index contributed by atoms with van der Waals surface area (Å²) < 4.78 is 0.588. The van der Waals surface area contributed by atoms with Crippen LogP contribution in [-0.2, 0) is 0 Å². The van der Waals surface area contributed by atoms with E-state index < -0.39 is 0 Å². The summed E-state index contributed by atoms with van der Waals surface area (Å²) in [7, 11) is 0. The van der Waals surface area contributed by atoms with Crippen molar-refractivity contribution >= 4 is 44.4 Å². The van der Waals surface area contributed by atoms with Crippen molar-refractivity contribution in [1.82, 2.24) is 0 Å². The van der Waals surface area contributed by atoms with E-state index in [0.717, 1.165) is 12.2 Å². The van der Waals surface area contributed by atoms with Crippen LogP contribution >= 0.6 is 27.3 Å². The number of carbonyl (C=O) groups excluding carboxylic acids is 1. The fourth-order valence-electron chi connectivity index (χ4n) is 1.76. The van der Waals surface area contributed by atoms with Crippen LogP contribution in [0.25, 0.3) is 0 Å². The minimum absolute atomic E-state index is 0.169. The molecule has 102 valence electrons. The molecule has 0 saturated carbocycles. The number of anilines is 2. The number of hydrogen-bond acceptors (Lipinski definition) is 5. The van der Waals surface area contributed by atoms with Gasteiger partial charge in [-0.1, -0.05) is 0 Å². The zero-order valence-electron chi connectivity index (χ0n) is 10.7. The Hall–Kier alpha value is -1.84. The SMILES string of the molecule is CCNc1ccc(C(=O)c2sc(Br)c(C#N)c2N)cc1. The monoisotopic (exact) mass is 349 g/mol. The maximum atomic E-state index is 12.4. The van der Waals surface area contributed by atoms with E-state index >= 15 is 0 Å². The Balaban J connectivity index is 2.34. The van der Waals surface area contributed by atoms with E-state index in [0.29, 0.717) is 19.8 Å². The van der Waals surface area contributed by atoms with Gasteiger partial charge in [0.1, 0.15) is 16.5 Å². The van der Waals surface area contributed by atoms with Gasteiger partial charge in [-0.05, 0) is 47.1 Å². The van der Waals surface area contributed by atoms with Gasteiger partial charge in [-0.25, -0.2) is 0 Å². The molecule has 0 aliphatic carbocycles. The van der Waals surface area contributed by atoms with Crippen molar-refractivity contribution < 1.29 is 4.79 Å². The highest BCUT2D eigenvalue weighted by atomic mass is 79.9. The molecule has 3 N–H and O–H groups in total. The van der Waals surface area contributed by atoms with Crippen molar-refractivity contribution in [3.05, 3.63) is 44.1 Å². The molecule has 0 unspecified atom stereocenters. The number of ketones is 1. The summed E-state index contributed by atoms with van der Waals surface area (Å²) in [6.45, 7) is 2.83. The first-order valence-electron chi connectivity index (χ1n) is 5.95. The Bertz CT molecular complexity index is 686. The lowest BCUT2D eigenvalue weighted by molar-refractivity contribution is 0.104. The van der Waals surface area contributed by atoms with Gasteiger partial charge in [0.25, 0.3) is 0 Å².